The Morgan fingerprint density at radius 2 is 1.93 bits per heavy atom. The van der Waals surface area contributed by atoms with Gasteiger partial charge in [-0.1, -0.05) is 45.9 Å². The molecule has 1 aromatic heterocycles. The molecule has 1 aliphatic rings. The molecule has 1 amide bonds. The number of nitrogens with two attached hydrogens (primary N) is 1. The van der Waals surface area contributed by atoms with Gasteiger partial charge in [0.25, 0.3) is 0 Å². The van der Waals surface area contributed by atoms with Crippen molar-refractivity contribution in [3.8, 4) is 11.3 Å². The number of aromatic nitrogens is 1. The lowest BCUT2D eigenvalue weighted by Crippen LogP contribution is -2.54. The maximum atomic E-state index is 12.6. The topological polar surface area (TPSA) is 77.2 Å². The Hall–Kier alpha value is -1.76. The van der Waals surface area contributed by atoms with Gasteiger partial charge in [-0.15, -0.1) is 11.3 Å². The highest BCUT2D eigenvalue weighted by atomic mass is 32.1. The number of hydrogen-bond acceptors (Lipinski definition) is 5. The lowest BCUT2D eigenvalue weighted by molar-refractivity contribution is -0.124. The van der Waals surface area contributed by atoms with E-state index in [1.54, 1.807) is 0 Å². The van der Waals surface area contributed by atoms with Crippen molar-refractivity contribution in [2.45, 2.75) is 57.9 Å². The molecule has 1 aromatic carbocycles. The van der Waals surface area contributed by atoms with Crippen molar-refractivity contribution in [1.29, 1.82) is 0 Å². The monoisotopic (exact) mass is 387 g/mol. The fourth-order valence-electron chi connectivity index (χ4n) is 3.29. The first-order chi connectivity index (χ1) is 12.8. The summed E-state index contributed by atoms with van der Waals surface area (Å²) < 4.78 is 5.32. The Morgan fingerprint density at radius 1 is 1.22 bits per heavy atom. The van der Waals surface area contributed by atoms with Gasteiger partial charge in [0, 0.05) is 24.2 Å². The van der Waals surface area contributed by atoms with Gasteiger partial charge in [-0.25, -0.2) is 4.98 Å². The number of anilines is 1. The summed E-state index contributed by atoms with van der Waals surface area (Å²) in [5, 5.41) is 5.50. The van der Waals surface area contributed by atoms with E-state index in [2.05, 4.69) is 56.2 Å². The molecule has 2 aromatic rings. The van der Waals surface area contributed by atoms with E-state index < -0.39 is 5.54 Å². The summed E-state index contributed by atoms with van der Waals surface area (Å²) in [6.45, 7) is 9.84. The Bertz CT molecular complexity index is 808. The van der Waals surface area contributed by atoms with Crippen LogP contribution in [0.2, 0.25) is 0 Å². The van der Waals surface area contributed by atoms with Crippen molar-refractivity contribution in [1.82, 2.24) is 4.98 Å². The van der Waals surface area contributed by atoms with Crippen LogP contribution < -0.4 is 11.1 Å². The number of nitrogens with zero attached hydrogens (tertiary/aromatic N) is 1. The van der Waals surface area contributed by atoms with Crippen molar-refractivity contribution in [2.24, 2.45) is 5.73 Å². The van der Waals surface area contributed by atoms with E-state index in [1.807, 2.05) is 5.38 Å². The first-order valence-electron chi connectivity index (χ1n) is 9.58. The van der Waals surface area contributed by atoms with E-state index in [-0.39, 0.29) is 5.91 Å². The summed E-state index contributed by atoms with van der Waals surface area (Å²) in [4.78, 5) is 17.3. The maximum Gasteiger partial charge on any atom is 0.246 e. The third-order valence-electron chi connectivity index (χ3n) is 5.20. The Labute approximate surface area is 165 Å². The van der Waals surface area contributed by atoms with Gasteiger partial charge in [-0.2, -0.15) is 0 Å². The Morgan fingerprint density at radius 3 is 2.56 bits per heavy atom. The van der Waals surface area contributed by atoms with Crippen molar-refractivity contribution in [3.05, 3.63) is 34.7 Å². The van der Waals surface area contributed by atoms with Gasteiger partial charge in [0.05, 0.1) is 5.69 Å². The smallest absolute Gasteiger partial charge is 0.246 e. The molecule has 3 N–H and O–H groups in total. The van der Waals surface area contributed by atoms with Crippen molar-refractivity contribution in [2.75, 3.05) is 18.5 Å². The minimum Gasteiger partial charge on any atom is -0.381 e. The number of thiazole rings is 1. The predicted octanol–water partition coefficient (Wildman–Crippen LogP) is 4.50. The number of benzene rings is 1. The van der Waals surface area contributed by atoms with Crippen LogP contribution in [0.25, 0.3) is 11.3 Å². The standard InChI is InChI=1S/C21H29N3O2S/c1-13(2)15-5-6-16(17(11-15)14(3)4)18-12-27-20(23-18)24-19(25)21(22)7-9-26-10-8-21/h5-6,11-14H,7-10,22H2,1-4H3,(H,23,24,25). The molecular formula is C21H29N3O2S. The highest BCUT2D eigenvalue weighted by Crippen LogP contribution is 2.34. The van der Waals surface area contributed by atoms with Gasteiger partial charge in [0.15, 0.2) is 5.13 Å². The molecule has 0 radical (unpaired) electrons. The third-order valence-corrected chi connectivity index (χ3v) is 5.96. The lowest BCUT2D eigenvalue weighted by atomic mass is 9.90. The van der Waals surface area contributed by atoms with Crippen LogP contribution in [0.4, 0.5) is 5.13 Å². The van der Waals surface area contributed by atoms with Crippen molar-refractivity contribution in [3.63, 3.8) is 0 Å². The molecule has 1 fully saturated rings. The van der Waals surface area contributed by atoms with E-state index in [9.17, 15) is 4.79 Å². The predicted molar refractivity (Wildman–Crippen MR) is 111 cm³/mol. The van der Waals surface area contributed by atoms with Gasteiger partial charge in [-0.05, 0) is 35.8 Å². The summed E-state index contributed by atoms with van der Waals surface area (Å²) in [7, 11) is 0. The molecule has 0 saturated carbocycles. The minimum absolute atomic E-state index is 0.175. The molecule has 3 rings (SSSR count). The summed E-state index contributed by atoms with van der Waals surface area (Å²) in [6, 6.07) is 6.59. The summed E-state index contributed by atoms with van der Waals surface area (Å²) in [5.74, 6) is 0.709. The van der Waals surface area contributed by atoms with Gasteiger partial charge in [-0.3, -0.25) is 4.79 Å². The first kappa shape index (κ1) is 20.0. The second-order valence-corrected chi connectivity index (χ2v) is 8.77. The van der Waals surface area contributed by atoms with Crippen LogP contribution in [0.5, 0.6) is 0 Å². The fraction of sp³-hybridized carbons (Fsp3) is 0.524. The molecule has 0 unspecified atom stereocenters. The third kappa shape index (κ3) is 4.39. The van der Waals surface area contributed by atoms with Crippen LogP contribution in [0.1, 0.15) is 63.5 Å². The maximum absolute atomic E-state index is 12.6. The normalized spacial score (nSPS) is 16.7. The molecule has 0 spiro atoms. The van der Waals surface area contributed by atoms with Crippen LogP contribution >= 0.6 is 11.3 Å². The summed E-state index contributed by atoms with van der Waals surface area (Å²) in [6.07, 6.45) is 1.07. The van der Waals surface area contributed by atoms with E-state index in [0.29, 0.717) is 43.0 Å². The number of rotatable bonds is 5. The number of nitrogens with one attached hydrogen (secondary N) is 1. The van der Waals surface area contributed by atoms with Crippen LogP contribution in [0.3, 0.4) is 0 Å². The van der Waals surface area contributed by atoms with Gasteiger partial charge >= 0.3 is 0 Å². The first-order valence-corrected chi connectivity index (χ1v) is 10.5. The van der Waals surface area contributed by atoms with E-state index >= 15 is 0 Å². The SMILES string of the molecule is CC(C)c1ccc(-c2csc(NC(=O)C3(N)CCOCC3)n2)c(C(C)C)c1. The molecule has 1 saturated heterocycles. The number of hydrogen-bond donors (Lipinski definition) is 2. The van der Waals surface area contributed by atoms with Gasteiger partial charge in [0.2, 0.25) is 5.91 Å². The molecule has 1 aliphatic heterocycles. The largest absolute Gasteiger partial charge is 0.381 e. The zero-order valence-corrected chi connectivity index (χ0v) is 17.4. The molecular weight excluding hydrogens is 358 g/mol. The fourth-order valence-corrected chi connectivity index (χ4v) is 4.00. The number of carbonyl (C=O) groups excluding carboxylic acids is 1. The van der Waals surface area contributed by atoms with Crippen LogP contribution in [0, 0.1) is 0 Å². The Balaban J connectivity index is 1.82. The van der Waals surface area contributed by atoms with Gasteiger partial charge < -0.3 is 15.8 Å². The average molecular weight is 388 g/mol. The highest BCUT2D eigenvalue weighted by molar-refractivity contribution is 7.14. The lowest BCUT2D eigenvalue weighted by Gasteiger charge is -2.31. The van der Waals surface area contributed by atoms with E-state index in [1.165, 1.54) is 22.5 Å². The molecule has 5 nitrogen and oxygen atoms in total. The second-order valence-electron chi connectivity index (χ2n) is 7.92. The van der Waals surface area contributed by atoms with Crippen LogP contribution in [-0.2, 0) is 9.53 Å². The molecule has 146 valence electrons. The molecule has 0 bridgehead atoms. The number of ether oxygens (including phenoxy) is 1. The van der Waals surface area contributed by atoms with Crippen molar-refractivity contribution < 1.29 is 9.53 Å². The molecule has 0 aliphatic carbocycles. The van der Waals surface area contributed by atoms with E-state index in [4.69, 9.17) is 10.5 Å². The highest BCUT2D eigenvalue weighted by Gasteiger charge is 2.36. The van der Waals surface area contributed by atoms with E-state index in [0.717, 1.165) is 11.3 Å². The number of carbonyl (C=O) groups is 1. The Kier molecular flexibility index (Phi) is 5.99. The second kappa shape index (κ2) is 8.09. The summed E-state index contributed by atoms with van der Waals surface area (Å²) >= 11 is 1.44. The molecule has 6 heteroatoms. The average Bonchev–Trinajstić information content (AvgIpc) is 3.10. The molecule has 2 heterocycles. The van der Waals surface area contributed by atoms with Crippen LogP contribution in [-0.4, -0.2) is 29.6 Å². The van der Waals surface area contributed by atoms with Crippen molar-refractivity contribution >= 4 is 22.4 Å². The van der Waals surface area contributed by atoms with Gasteiger partial charge in [0.1, 0.15) is 5.54 Å². The zero-order valence-electron chi connectivity index (χ0n) is 16.5. The molecule has 27 heavy (non-hydrogen) atoms. The van der Waals surface area contributed by atoms with Crippen LogP contribution in [0.15, 0.2) is 23.6 Å². The minimum atomic E-state index is -0.869. The molecule has 0 atom stereocenters. The quantitative estimate of drug-likeness (QED) is 0.792. The number of amides is 1. The summed E-state index contributed by atoms with van der Waals surface area (Å²) in [5.41, 5.74) is 10.0. The zero-order chi connectivity index (χ0) is 19.6.